The van der Waals surface area contributed by atoms with E-state index in [1.807, 2.05) is 26.2 Å². The summed E-state index contributed by atoms with van der Waals surface area (Å²) in [5, 5.41) is 9.50. The summed E-state index contributed by atoms with van der Waals surface area (Å²) >= 11 is 8.79. The zero-order chi connectivity index (χ0) is 19.6. The molecule has 0 fully saturated rings. The van der Waals surface area contributed by atoms with Crippen LogP contribution in [0, 0.1) is 6.92 Å². The Hall–Kier alpha value is -2.22. The summed E-state index contributed by atoms with van der Waals surface area (Å²) in [6.07, 6.45) is 1.71. The maximum Gasteiger partial charge on any atom is 0.262 e. The number of thiazole rings is 1. The minimum Gasteiger partial charge on any atom is -0.340 e. The summed E-state index contributed by atoms with van der Waals surface area (Å²) in [4.78, 5) is 30.0. The standard InChI is InChI=1S/C19H18ClN3O2S2/c1-11-10-14(22-16(24)12-6-4-5-7-13(12)20)27-15(11)17(25)23-19(2,3)18-21-8-9-26-18/h4-10H,1-3H3,(H,22,24)(H,23,25). The second-order valence-electron chi connectivity index (χ2n) is 6.47. The minimum absolute atomic E-state index is 0.198. The van der Waals surface area contributed by atoms with Crippen molar-refractivity contribution in [2.24, 2.45) is 0 Å². The molecule has 0 unspecified atom stereocenters. The fourth-order valence-corrected chi connectivity index (χ4v) is 4.42. The predicted molar refractivity (Wildman–Crippen MR) is 111 cm³/mol. The van der Waals surface area contributed by atoms with Crippen LogP contribution in [-0.4, -0.2) is 16.8 Å². The number of anilines is 1. The number of nitrogens with zero attached hydrogens (tertiary/aromatic N) is 1. The number of amides is 2. The van der Waals surface area contributed by atoms with Gasteiger partial charge in [0.05, 0.1) is 26.0 Å². The molecule has 0 saturated carbocycles. The van der Waals surface area contributed by atoms with Crippen LogP contribution in [0.5, 0.6) is 0 Å². The number of rotatable bonds is 5. The molecule has 2 aromatic heterocycles. The van der Waals surface area contributed by atoms with Crippen LogP contribution >= 0.6 is 34.3 Å². The topological polar surface area (TPSA) is 71.1 Å². The van der Waals surface area contributed by atoms with Gasteiger partial charge in [-0.2, -0.15) is 0 Å². The molecule has 0 radical (unpaired) electrons. The Labute approximate surface area is 170 Å². The second-order valence-corrected chi connectivity index (χ2v) is 8.83. The molecule has 2 heterocycles. The van der Waals surface area contributed by atoms with Gasteiger partial charge in [-0.1, -0.05) is 23.7 Å². The molecule has 140 valence electrons. The quantitative estimate of drug-likeness (QED) is 0.605. The van der Waals surface area contributed by atoms with Crippen LogP contribution in [0.25, 0.3) is 0 Å². The number of benzene rings is 1. The van der Waals surface area contributed by atoms with Gasteiger partial charge in [0.2, 0.25) is 0 Å². The van der Waals surface area contributed by atoms with E-state index in [1.54, 1.807) is 36.5 Å². The first-order valence-corrected chi connectivity index (χ1v) is 10.2. The number of aromatic nitrogens is 1. The number of aryl methyl sites for hydroxylation is 1. The Morgan fingerprint density at radius 3 is 2.59 bits per heavy atom. The van der Waals surface area contributed by atoms with Crippen LogP contribution in [0.15, 0.2) is 41.9 Å². The van der Waals surface area contributed by atoms with Crippen LogP contribution in [0.4, 0.5) is 5.00 Å². The van der Waals surface area contributed by atoms with Crippen molar-refractivity contribution < 1.29 is 9.59 Å². The molecule has 0 spiro atoms. The molecule has 3 aromatic rings. The molecule has 8 heteroatoms. The first-order valence-electron chi connectivity index (χ1n) is 8.17. The summed E-state index contributed by atoms with van der Waals surface area (Å²) in [6.45, 7) is 5.66. The largest absolute Gasteiger partial charge is 0.340 e. The van der Waals surface area contributed by atoms with Crippen LogP contribution in [0.3, 0.4) is 0 Å². The van der Waals surface area contributed by atoms with Crippen molar-refractivity contribution in [1.82, 2.24) is 10.3 Å². The van der Waals surface area contributed by atoms with Crippen LogP contribution in [-0.2, 0) is 5.54 Å². The van der Waals surface area contributed by atoms with E-state index in [-0.39, 0.29) is 11.8 Å². The average molecular weight is 420 g/mol. The van der Waals surface area contributed by atoms with Gasteiger partial charge in [0.1, 0.15) is 5.01 Å². The Kier molecular flexibility index (Phi) is 5.64. The van der Waals surface area contributed by atoms with Gasteiger partial charge in [-0.05, 0) is 44.5 Å². The van der Waals surface area contributed by atoms with Crippen LogP contribution in [0.1, 0.15) is 44.4 Å². The smallest absolute Gasteiger partial charge is 0.262 e. The van der Waals surface area contributed by atoms with Gasteiger partial charge in [-0.3, -0.25) is 9.59 Å². The van der Waals surface area contributed by atoms with Gasteiger partial charge in [-0.25, -0.2) is 4.98 Å². The Bertz CT molecular complexity index is 981. The lowest BCUT2D eigenvalue weighted by Crippen LogP contribution is -2.40. The third kappa shape index (κ3) is 4.37. The van der Waals surface area contributed by atoms with E-state index in [4.69, 9.17) is 11.6 Å². The van der Waals surface area contributed by atoms with Crippen LogP contribution in [0.2, 0.25) is 5.02 Å². The third-order valence-corrected chi connectivity index (χ3v) is 6.45. The minimum atomic E-state index is -0.581. The molecule has 0 saturated heterocycles. The monoisotopic (exact) mass is 419 g/mol. The Morgan fingerprint density at radius 1 is 1.19 bits per heavy atom. The van der Waals surface area contributed by atoms with Crippen molar-refractivity contribution in [3.05, 3.63) is 67.9 Å². The number of nitrogens with one attached hydrogen (secondary N) is 2. The van der Waals surface area contributed by atoms with Gasteiger partial charge in [0.15, 0.2) is 0 Å². The van der Waals surface area contributed by atoms with Gasteiger partial charge >= 0.3 is 0 Å². The highest BCUT2D eigenvalue weighted by Crippen LogP contribution is 2.29. The maximum absolute atomic E-state index is 12.7. The highest BCUT2D eigenvalue weighted by molar-refractivity contribution is 7.18. The summed E-state index contributed by atoms with van der Waals surface area (Å²) in [5.41, 5.74) is 0.603. The highest BCUT2D eigenvalue weighted by atomic mass is 35.5. The number of carbonyl (C=O) groups excluding carboxylic acids is 2. The van der Waals surface area contributed by atoms with Gasteiger partial charge < -0.3 is 10.6 Å². The summed E-state index contributed by atoms with van der Waals surface area (Å²) in [7, 11) is 0. The fraction of sp³-hybridized carbons (Fsp3) is 0.211. The zero-order valence-electron chi connectivity index (χ0n) is 15.0. The Morgan fingerprint density at radius 2 is 1.93 bits per heavy atom. The lowest BCUT2D eigenvalue weighted by Gasteiger charge is -2.23. The summed E-state index contributed by atoms with van der Waals surface area (Å²) < 4.78 is 0. The highest BCUT2D eigenvalue weighted by Gasteiger charge is 2.27. The van der Waals surface area contributed by atoms with E-state index in [9.17, 15) is 9.59 Å². The van der Waals surface area contributed by atoms with Gasteiger partial charge in [0.25, 0.3) is 11.8 Å². The van der Waals surface area contributed by atoms with Crippen molar-refractivity contribution in [3.8, 4) is 0 Å². The lowest BCUT2D eigenvalue weighted by atomic mass is 10.1. The maximum atomic E-state index is 12.7. The van der Waals surface area contributed by atoms with Crippen molar-refractivity contribution in [3.63, 3.8) is 0 Å². The first kappa shape index (κ1) is 19.5. The molecular weight excluding hydrogens is 402 g/mol. The van der Waals surface area contributed by atoms with E-state index in [2.05, 4.69) is 15.6 Å². The summed E-state index contributed by atoms with van der Waals surface area (Å²) in [6, 6.07) is 8.61. The fourth-order valence-electron chi connectivity index (χ4n) is 2.52. The molecule has 0 aliphatic heterocycles. The normalized spacial score (nSPS) is 11.3. The van der Waals surface area contributed by atoms with Gasteiger partial charge in [-0.15, -0.1) is 22.7 Å². The number of carbonyl (C=O) groups is 2. The molecule has 2 N–H and O–H groups in total. The van der Waals surface area contributed by atoms with E-state index >= 15 is 0 Å². The lowest BCUT2D eigenvalue weighted by molar-refractivity contribution is 0.0915. The van der Waals surface area contributed by atoms with Crippen molar-refractivity contribution >= 4 is 51.1 Å². The molecule has 5 nitrogen and oxygen atoms in total. The molecule has 0 aliphatic carbocycles. The molecule has 2 amide bonds. The number of hydrogen-bond acceptors (Lipinski definition) is 5. The Balaban J connectivity index is 1.75. The van der Waals surface area contributed by atoms with E-state index in [0.29, 0.717) is 20.5 Å². The molecular formula is C19H18ClN3O2S2. The van der Waals surface area contributed by atoms with Crippen molar-refractivity contribution in [2.75, 3.05) is 5.32 Å². The summed E-state index contributed by atoms with van der Waals surface area (Å²) in [5.74, 6) is -0.507. The third-order valence-electron chi connectivity index (χ3n) is 3.87. The van der Waals surface area contributed by atoms with Crippen LogP contribution < -0.4 is 10.6 Å². The molecule has 0 aliphatic rings. The number of halogens is 1. The molecule has 0 bridgehead atoms. The number of thiophene rings is 1. The van der Waals surface area contributed by atoms with Gasteiger partial charge in [0, 0.05) is 11.6 Å². The number of hydrogen-bond donors (Lipinski definition) is 2. The van der Waals surface area contributed by atoms with E-state index < -0.39 is 5.54 Å². The first-order chi connectivity index (χ1) is 12.8. The molecule has 3 rings (SSSR count). The van der Waals surface area contributed by atoms with E-state index in [0.717, 1.165) is 10.6 Å². The SMILES string of the molecule is Cc1cc(NC(=O)c2ccccc2Cl)sc1C(=O)NC(C)(C)c1nccs1. The zero-order valence-corrected chi connectivity index (χ0v) is 17.4. The molecule has 0 atom stereocenters. The second kappa shape index (κ2) is 7.80. The van der Waals surface area contributed by atoms with Crippen molar-refractivity contribution in [1.29, 1.82) is 0 Å². The molecule has 1 aromatic carbocycles. The predicted octanol–water partition coefficient (Wildman–Crippen LogP) is 5.08. The molecule has 27 heavy (non-hydrogen) atoms. The average Bonchev–Trinajstić information content (AvgIpc) is 3.25. The van der Waals surface area contributed by atoms with Crippen molar-refractivity contribution in [2.45, 2.75) is 26.3 Å². The van der Waals surface area contributed by atoms with E-state index in [1.165, 1.54) is 22.7 Å².